The molecular weight excluding hydrogens is 160 g/mol. The first kappa shape index (κ1) is 9.10. The fraction of sp³-hybridized carbons (Fsp3) is 0.625. The predicted molar refractivity (Wildman–Crippen MR) is 47.3 cm³/mol. The third-order valence-electron chi connectivity index (χ3n) is 1.34. The van der Waals surface area contributed by atoms with Crippen LogP contribution in [-0.4, -0.2) is 25.1 Å². The van der Waals surface area contributed by atoms with E-state index in [9.17, 15) is 0 Å². The number of ether oxygens (including phenoxy) is 2. The lowest BCUT2D eigenvalue weighted by molar-refractivity contribution is 0.135. The summed E-state index contributed by atoms with van der Waals surface area (Å²) in [5, 5.41) is 0.481. The molecule has 1 rings (SSSR count). The van der Waals surface area contributed by atoms with Gasteiger partial charge in [-0.05, 0) is 6.92 Å². The van der Waals surface area contributed by atoms with Crippen molar-refractivity contribution < 1.29 is 9.47 Å². The fourth-order valence-electron chi connectivity index (χ4n) is 0.878. The Bertz CT molecular complexity index is 127. The van der Waals surface area contributed by atoms with Gasteiger partial charge in [0.1, 0.15) is 5.44 Å². The second-order valence-corrected chi connectivity index (χ2v) is 3.85. The van der Waals surface area contributed by atoms with Crippen LogP contribution in [0.4, 0.5) is 0 Å². The Kier molecular flexibility index (Phi) is 3.97. The summed E-state index contributed by atoms with van der Waals surface area (Å²) in [7, 11) is 0. The molecule has 0 aromatic rings. The Morgan fingerprint density at radius 1 is 1.91 bits per heavy atom. The molecule has 0 spiro atoms. The highest BCUT2D eigenvalue weighted by atomic mass is 32.2. The lowest BCUT2D eigenvalue weighted by Crippen LogP contribution is -2.12. The molecule has 1 atom stereocenters. The molecule has 11 heavy (non-hydrogen) atoms. The number of thioether (sulfide) groups is 1. The third-order valence-corrected chi connectivity index (χ3v) is 2.40. The Morgan fingerprint density at radius 3 is 3.27 bits per heavy atom. The summed E-state index contributed by atoms with van der Waals surface area (Å²) < 4.78 is 10.6. The SMILES string of the molecule is C=CCOCC1CO[C](C)S1. The largest absolute Gasteiger partial charge is 0.376 e. The van der Waals surface area contributed by atoms with Gasteiger partial charge in [-0.2, -0.15) is 0 Å². The monoisotopic (exact) mass is 173 g/mol. The maximum atomic E-state index is 5.28. The van der Waals surface area contributed by atoms with Crippen molar-refractivity contribution >= 4 is 11.8 Å². The minimum absolute atomic E-state index is 0.481. The minimum Gasteiger partial charge on any atom is -0.376 e. The average molecular weight is 173 g/mol. The van der Waals surface area contributed by atoms with Gasteiger partial charge in [0, 0.05) is 0 Å². The molecule has 63 valence electrons. The van der Waals surface area contributed by atoms with Crippen LogP contribution >= 0.6 is 11.8 Å². The second-order valence-electron chi connectivity index (χ2n) is 2.37. The first-order valence-electron chi connectivity index (χ1n) is 3.64. The van der Waals surface area contributed by atoms with Crippen molar-refractivity contribution in [2.45, 2.75) is 12.2 Å². The van der Waals surface area contributed by atoms with E-state index in [-0.39, 0.29) is 0 Å². The molecule has 0 aliphatic carbocycles. The number of hydrogen-bond donors (Lipinski definition) is 0. The molecular formula is C8H13O2S. The maximum absolute atomic E-state index is 5.28. The molecule has 1 aliphatic rings. The summed E-state index contributed by atoms with van der Waals surface area (Å²) >= 11 is 1.75. The van der Waals surface area contributed by atoms with Gasteiger partial charge in [-0.3, -0.25) is 0 Å². The van der Waals surface area contributed by atoms with Gasteiger partial charge < -0.3 is 9.47 Å². The maximum Gasteiger partial charge on any atom is 0.149 e. The van der Waals surface area contributed by atoms with Crippen LogP contribution < -0.4 is 0 Å². The van der Waals surface area contributed by atoms with Crippen LogP contribution in [0.1, 0.15) is 6.92 Å². The first-order chi connectivity index (χ1) is 5.33. The average Bonchev–Trinajstić information content (AvgIpc) is 2.37. The molecule has 0 bridgehead atoms. The van der Waals surface area contributed by atoms with E-state index in [1.54, 1.807) is 17.8 Å². The third kappa shape index (κ3) is 3.27. The van der Waals surface area contributed by atoms with Crippen molar-refractivity contribution in [3.8, 4) is 0 Å². The standard InChI is InChI=1S/C8H13O2S/c1-3-4-9-5-8-6-10-7(2)11-8/h3,8H,1,4-6H2,2H3. The van der Waals surface area contributed by atoms with E-state index in [0.717, 1.165) is 18.6 Å². The molecule has 1 fully saturated rings. The summed E-state index contributed by atoms with van der Waals surface area (Å²) in [6, 6.07) is 0. The van der Waals surface area contributed by atoms with Crippen LogP contribution in [0, 0.1) is 5.44 Å². The molecule has 0 amide bonds. The minimum atomic E-state index is 0.481. The van der Waals surface area contributed by atoms with Crippen LogP contribution in [0.15, 0.2) is 12.7 Å². The van der Waals surface area contributed by atoms with Crippen molar-refractivity contribution in [1.29, 1.82) is 0 Å². The summed E-state index contributed by atoms with van der Waals surface area (Å²) in [5.41, 5.74) is 1.05. The van der Waals surface area contributed by atoms with Gasteiger partial charge >= 0.3 is 0 Å². The second kappa shape index (κ2) is 4.80. The molecule has 1 heterocycles. The molecule has 0 saturated carbocycles. The van der Waals surface area contributed by atoms with Gasteiger partial charge in [-0.25, -0.2) is 0 Å². The van der Waals surface area contributed by atoms with Crippen molar-refractivity contribution in [3.63, 3.8) is 0 Å². The van der Waals surface area contributed by atoms with Crippen molar-refractivity contribution in [2.24, 2.45) is 0 Å². The van der Waals surface area contributed by atoms with Gasteiger partial charge in [-0.1, -0.05) is 6.08 Å². The topological polar surface area (TPSA) is 18.5 Å². The Morgan fingerprint density at radius 2 is 2.73 bits per heavy atom. The van der Waals surface area contributed by atoms with Crippen molar-refractivity contribution in [3.05, 3.63) is 18.1 Å². The van der Waals surface area contributed by atoms with Crippen LogP contribution in [0.25, 0.3) is 0 Å². The van der Waals surface area contributed by atoms with Crippen molar-refractivity contribution in [1.82, 2.24) is 0 Å². The molecule has 2 nitrogen and oxygen atoms in total. The zero-order chi connectivity index (χ0) is 8.10. The van der Waals surface area contributed by atoms with Crippen LogP contribution in [0.3, 0.4) is 0 Å². The van der Waals surface area contributed by atoms with E-state index >= 15 is 0 Å². The summed E-state index contributed by atoms with van der Waals surface area (Å²) in [4.78, 5) is 0. The highest BCUT2D eigenvalue weighted by molar-refractivity contribution is 8.02. The summed E-state index contributed by atoms with van der Waals surface area (Å²) in [6.07, 6.45) is 1.76. The van der Waals surface area contributed by atoms with Crippen LogP contribution in [-0.2, 0) is 9.47 Å². The fourth-order valence-corrected chi connectivity index (χ4v) is 1.78. The molecule has 0 aromatic carbocycles. The molecule has 1 saturated heterocycles. The lowest BCUT2D eigenvalue weighted by atomic mass is 10.5. The molecule has 0 N–H and O–H groups in total. The highest BCUT2D eigenvalue weighted by Gasteiger charge is 2.23. The van der Waals surface area contributed by atoms with E-state index in [2.05, 4.69) is 6.58 Å². The normalized spacial score (nSPS) is 25.7. The van der Waals surface area contributed by atoms with Gasteiger partial charge in [0.25, 0.3) is 0 Å². The summed E-state index contributed by atoms with van der Waals surface area (Å²) in [5.74, 6) is 0. The van der Waals surface area contributed by atoms with E-state index in [1.165, 1.54) is 0 Å². The quantitative estimate of drug-likeness (QED) is 0.477. The summed E-state index contributed by atoms with van der Waals surface area (Å²) in [6.45, 7) is 7.73. The molecule has 1 radical (unpaired) electrons. The van der Waals surface area contributed by atoms with Gasteiger partial charge in [-0.15, -0.1) is 18.3 Å². The number of hydrogen-bond acceptors (Lipinski definition) is 3. The van der Waals surface area contributed by atoms with E-state index in [1.807, 2.05) is 6.92 Å². The lowest BCUT2D eigenvalue weighted by Gasteiger charge is -2.05. The van der Waals surface area contributed by atoms with Gasteiger partial charge in [0.15, 0.2) is 0 Å². The van der Waals surface area contributed by atoms with E-state index in [0.29, 0.717) is 11.9 Å². The van der Waals surface area contributed by atoms with Crippen LogP contribution in [0.5, 0.6) is 0 Å². The highest BCUT2D eigenvalue weighted by Crippen LogP contribution is 2.32. The molecule has 3 heteroatoms. The van der Waals surface area contributed by atoms with E-state index in [4.69, 9.17) is 9.47 Å². The smallest absolute Gasteiger partial charge is 0.149 e. The molecule has 1 unspecified atom stereocenters. The Balaban J connectivity index is 2.03. The first-order valence-corrected chi connectivity index (χ1v) is 4.52. The van der Waals surface area contributed by atoms with E-state index < -0.39 is 0 Å². The zero-order valence-electron chi connectivity index (χ0n) is 6.71. The Labute approximate surface area is 71.9 Å². The van der Waals surface area contributed by atoms with Gasteiger partial charge in [0.2, 0.25) is 0 Å². The number of rotatable bonds is 4. The van der Waals surface area contributed by atoms with Gasteiger partial charge in [0.05, 0.1) is 25.1 Å². The molecule has 0 aromatic heterocycles. The van der Waals surface area contributed by atoms with Crippen LogP contribution in [0.2, 0.25) is 0 Å². The predicted octanol–water partition coefficient (Wildman–Crippen LogP) is 1.83. The zero-order valence-corrected chi connectivity index (χ0v) is 7.52. The molecule has 1 aliphatic heterocycles. The Hall–Kier alpha value is 0.0100. The van der Waals surface area contributed by atoms with Crippen molar-refractivity contribution in [2.75, 3.05) is 19.8 Å².